The zero-order valence-corrected chi connectivity index (χ0v) is 12.1. The van der Waals surface area contributed by atoms with Crippen molar-refractivity contribution in [2.75, 3.05) is 11.9 Å². The van der Waals surface area contributed by atoms with Crippen LogP contribution in [0.5, 0.6) is 0 Å². The van der Waals surface area contributed by atoms with Crippen molar-refractivity contribution in [3.8, 4) is 0 Å². The van der Waals surface area contributed by atoms with Gasteiger partial charge in [0.15, 0.2) is 5.82 Å². The van der Waals surface area contributed by atoms with Crippen LogP contribution < -0.4 is 5.32 Å². The summed E-state index contributed by atoms with van der Waals surface area (Å²) < 4.78 is 7.26. The molecule has 1 aromatic carbocycles. The van der Waals surface area contributed by atoms with Crippen LogP contribution in [-0.4, -0.2) is 28.4 Å². The first-order chi connectivity index (χ1) is 10.2. The Balaban J connectivity index is 1.67. The molecule has 0 spiro atoms. The first kappa shape index (κ1) is 13.8. The van der Waals surface area contributed by atoms with Crippen LogP contribution in [0, 0.1) is 6.92 Å². The van der Waals surface area contributed by atoms with Gasteiger partial charge in [0.05, 0.1) is 6.54 Å². The molecule has 5 heteroatoms. The summed E-state index contributed by atoms with van der Waals surface area (Å²) in [5.41, 5.74) is 2.20. The number of nitrogens with zero attached hydrogens (tertiary/aromatic N) is 2. The number of rotatable bonds is 4. The third-order valence-corrected chi connectivity index (χ3v) is 3.63. The van der Waals surface area contributed by atoms with E-state index in [0.717, 1.165) is 18.5 Å². The van der Waals surface area contributed by atoms with Gasteiger partial charge in [0.1, 0.15) is 6.10 Å². The summed E-state index contributed by atoms with van der Waals surface area (Å²) in [6.07, 6.45) is 1.40. The highest BCUT2D eigenvalue weighted by atomic mass is 16.5. The van der Waals surface area contributed by atoms with Crippen molar-refractivity contribution >= 4 is 11.7 Å². The third kappa shape index (κ3) is 3.31. The predicted molar refractivity (Wildman–Crippen MR) is 80.1 cm³/mol. The van der Waals surface area contributed by atoms with E-state index in [2.05, 4.69) is 22.5 Å². The van der Waals surface area contributed by atoms with Crippen LogP contribution >= 0.6 is 0 Å². The Hall–Kier alpha value is -2.14. The maximum absolute atomic E-state index is 12.0. The van der Waals surface area contributed by atoms with Crippen molar-refractivity contribution in [3.05, 3.63) is 47.7 Å². The Morgan fingerprint density at radius 2 is 2.24 bits per heavy atom. The van der Waals surface area contributed by atoms with Gasteiger partial charge in [-0.25, -0.2) is 0 Å². The summed E-state index contributed by atoms with van der Waals surface area (Å²) in [6.45, 7) is 3.35. The van der Waals surface area contributed by atoms with E-state index in [1.54, 1.807) is 0 Å². The highest BCUT2D eigenvalue weighted by Gasteiger charge is 2.24. The van der Waals surface area contributed by atoms with E-state index in [1.165, 1.54) is 5.56 Å². The average Bonchev–Trinajstić information content (AvgIpc) is 3.11. The summed E-state index contributed by atoms with van der Waals surface area (Å²) >= 11 is 0. The number of anilines is 1. The standard InChI is InChI=1S/C16H19N3O2/c1-12-10-15(17-16(20)14-8-5-9-21-14)18-19(12)11-13-6-3-2-4-7-13/h2-4,6-7,10,14H,5,8-9,11H2,1H3,(H,17,18,20)/t14-/m1/s1. The van der Waals surface area contributed by atoms with Crippen LogP contribution in [0.2, 0.25) is 0 Å². The molecule has 2 aromatic rings. The number of carbonyl (C=O) groups is 1. The minimum Gasteiger partial charge on any atom is -0.368 e. The second kappa shape index (κ2) is 6.10. The molecular formula is C16H19N3O2. The fourth-order valence-electron chi connectivity index (χ4n) is 2.48. The zero-order chi connectivity index (χ0) is 14.7. The lowest BCUT2D eigenvalue weighted by atomic mass is 10.2. The zero-order valence-electron chi connectivity index (χ0n) is 12.1. The van der Waals surface area contributed by atoms with E-state index in [0.29, 0.717) is 19.0 Å². The van der Waals surface area contributed by atoms with Crippen molar-refractivity contribution in [2.45, 2.75) is 32.4 Å². The van der Waals surface area contributed by atoms with Gasteiger partial charge in [-0.3, -0.25) is 9.48 Å². The van der Waals surface area contributed by atoms with Crippen molar-refractivity contribution in [1.29, 1.82) is 0 Å². The van der Waals surface area contributed by atoms with E-state index in [4.69, 9.17) is 4.74 Å². The van der Waals surface area contributed by atoms with Crippen molar-refractivity contribution in [3.63, 3.8) is 0 Å². The highest BCUT2D eigenvalue weighted by molar-refractivity contribution is 5.93. The van der Waals surface area contributed by atoms with Crippen LogP contribution in [0.1, 0.15) is 24.1 Å². The molecule has 1 fully saturated rings. The van der Waals surface area contributed by atoms with Gasteiger partial charge in [-0.2, -0.15) is 5.10 Å². The minimum absolute atomic E-state index is 0.100. The number of nitrogens with one attached hydrogen (secondary N) is 1. The molecule has 1 N–H and O–H groups in total. The lowest BCUT2D eigenvalue weighted by Gasteiger charge is -2.08. The maximum atomic E-state index is 12.0. The van der Waals surface area contributed by atoms with Gasteiger partial charge in [-0.1, -0.05) is 30.3 Å². The molecule has 0 saturated carbocycles. The van der Waals surface area contributed by atoms with Crippen LogP contribution in [-0.2, 0) is 16.1 Å². The fourth-order valence-corrected chi connectivity index (χ4v) is 2.48. The molecule has 5 nitrogen and oxygen atoms in total. The van der Waals surface area contributed by atoms with E-state index in [9.17, 15) is 4.79 Å². The van der Waals surface area contributed by atoms with Crippen molar-refractivity contribution < 1.29 is 9.53 Å². The van der Waals surface area contributed by atoms with Crippen LogP contribution in [0.4, 0.5) is 5.82 Å². The maximum Gasteiger partial charge on any atom is 0.254 e. The molecule has 1 aliphatic heterocycles. The Morgan fingerprint density at radius 1 is 1.43 bits per heavy atom. The Kier molecular flexibility index (Phi) is 4.01. The average molecular weight is 285 g/mol. The van der Waals surface area contributed by atoms with Crippen molar-refractivity contribution in [2.24, 2.45) is 0 Å². The topological polar surface area (TPSA) is 56.1 Å². The summed E-state index contributed by atoms with van der Waals surface area (Å²) in [6, 6.07) is 12.0. The van der Waals surface area contributed by atoms with Crippen LogP contribution in [0.25, 0.3) is 0 Å². The molecule has 0 radical (unpaired) electrons. The van der Waals surface area contributed by atoms with E-state index >= 15 is 0 Å². The lowest BCUT2D eigenvalue weighted by molar-refractivity contribution is -0.124. The third-order valence-electron chi connectivity index (χ3n) is 3.63. The van der Waals surface area contributed by atoms with Crippen molar-refractivity contribution in [1.82, 2.24) is 9.78 Å². The molecule has 3 rings (SSSR count). The molecule has 21 heavy (non-hydrogen) atoms. The van der Waals surface area contributed by atoms with Gasteiger partial charge in [0, 0.05) is 18.4 Å². The molecule has 0 bridgehead atoms. The molecule has 0 aliphatic carbocycles. The molecule has 1 amide bonds. The molecule has 110 valence electrons. The van der Waals surface area contributed by atoms with E-state index in [1.807, 2.05) is 35.9 Å². The number of benzene rings is 1. The van der Waals surface area contributed by atoms with Gasteiger partial charge in [-0.05, 0) is 25.3 Å². The van der Waals surface area contributed by atoms with Gasteiger partial charge in [0.25, 0.3) is 5.91 Å². The minimum atomic E-state index is -0.329. The first-order valence-electron chi connectivity index (χ1n) is 7.23. The second-order valence-corrected chi connectivity index (χ2v) is 5.31. The Bertz CT molecular complexity index is 616. The number of aryl methyl sites for hydroxylation is 1. The molecule has 1 aromatic heterocycles. The van der Waals surface area contributed by atoms with Gasteiger partial charge >= 0.3 is 0 Å². The number of aromatic nitrogens is 2. The van der Waals surface area contributed by atoms with Crippen LogP contribution in [0.15, 0.2) is 36.4 Å². The number of ether oxygens (including phenoxy) is 1. The second-order valence-electron chi connectivity index (χ2n) is 5.31. The summed E-state index contributed by atoms with van der Waals surface area (Å²) in [4.78, 5) is 12.0. The molecule has 0 unspecified atom stereocenters. The Labute approximate surface area is 123 Å². The molecular weight excluding hydrogens is 266 g/mol. The quantitative estimate of drug-likeness (QED) is 0.938. The SMILES string of the molecule is Cc1cc(NC(=O)[C@H]2CCCO2)nn1Cc1ccccc1. The highest BCUT2D eigenvalue weighted by Crippen LogP contribution is 2.16. The van der Waals surface area contributed by atoms with E-state index in [-0.39, 0.29) is 12.0 Å². The number of hydrogen-bond donors (Lipinski definition) is 1. The first-order valence-corrected chi connectivity index (χ1v) is 7.23. The fraction of sp³-hybridized carbons (Fsp3) is 0.375. The van der Waals surface area contributed by atoms with Crippen LogP contribution in [0.3, 0.4) is 0 Å². The smallest absolute Gasteiger partial charge is 0.254 e. The van der Waals surface area contributed by atoms with Gasteiger partial charge in [0.2, 0.25) is 0 Å². The number of hydrogen-bond acceptors (Lipinski definition) is 3. The Morgan fingerprint density at radius 3 is 2.95 bits per heavy atom. The lowest BCUT2D eigenvalue weighted by Crippen LogP contribution is -2.27. The number of carbonyl (C=O) groups excluding carboxylic acids is 1. The molecule has 2 heterocycles. The molecule has 1 aliphatic rings. The largest absolute Gasteiger partial charge is 0.368 e. The monoisotopic (exact) mass is 285 g/mol. The normalized spacial score (nSPS) is 17.9. The molecule has 1 saturated heterocycles. The summed E-state index contributed by atoms with van der Waals surface area (Å²) in [5, 5.41) is 7.28. The van der Waals surface area contributed by atoms with Gasteiger partial charge < -0.3 is 10.1 Å². The number of amides is 1. The molecule has 1 atom stereocenters. The van der Waals surface area contributed by atoms with E-state index < -0.39 is 0 Å². The summed E-state index contributed by atoms with van der Waals surface area (Å²) in [7, 11) is 0. The predicted octanol–water partition coefficient (Wildman–Crippen LogP) is 2.36. The summed E-state index contributed by atoms with van der Waals surface area (Å²) in [5.74, 6) is 0.487. The van der Waals surface area contributed by atoms with Gasteiger partial charge in [-0.15, -0.1) is 0 Å².